The van der Waals surface area contributed by atoms with E-state index in [-0.39, 0.29) is 34.2 Å². The van der Waals surface area contributed by atoms with E-state index in [0.29, 0.717) is 16.8 Å². The van der Waals surface area contributed by atoms with E-state index >= 15 is 0 Å². The summed E-state index contributed by atoms with van der Waals surface area (Å²) in [4.78, 5) is 24.3. The second-order valence-electron chi connectivity index (χ2n) is 7.03. The van der Waals surface area contributed by atoms with Crippen LogP contribution in [-0.4, -0.2) is 24.6 Å². The van der Waals surface area contributed by atoms with Gasteiger partial charge in [-0.3, -0.25) is 9.59 Å². The number of anilines is 1. The summed E-state index contributed by atoms with van der Waals surface area (Å²) in [5.41, 5.74) is 6.21. The van der Waals surface area contributed by atoms with Crippen molar-refractivity contribution in [3.8, 4) is 5.75 Å². The van der Waals surface area contributed by atoms with Crippen LogP contribution in [0.2, 0.25) is 10.0 Å². The summed E-state index contributed by atoms with van der Waals surface area (Å²) in [6.07, 6.45) is 1.42. The van der Waals surface area contributed by atoms with E-state index in [4.69, 9.17) is 27.9 Å². The number of carbonyl (C=O) groups is 2. The molecule has 164 valence electrons. The van der Waals surface area contributed by atoms with E-state index in [1.807, 2.05) is 44.2 Å². The topological polar surface area (TPSA) is 79.8 Å². The molecule has 0 fully saturated rings. The fourth-order valence-electron chi connectivity index (χ4n) is 2.76. The van der Waals surface area contributed by atoms with Gasteiger partial charge in [-0.2, -0.15) is 5.10 Å². The molecule has 32 heavy (non-hydrogen) atoms. The molecule has 8 heteroatoms. The first-order valence-corrected chi connectivity index (χ1v) is 10.5. The number of para-hydroxylation sites is 1. The summed E-state index contributed by atoms with van der Waals surface area (Å²) in [7, 11) is 0. The maximum atomic E-state index is 12.2. The summed E-state index contributed by atoms with van der Waals surface area (Å²) < 4.78 is 5.52. The zero-order chi connectivity index (χ0) is 23.1. The lowest BCUT2D eigenvalue weighted by molar-refractivity contribution is -0.118. The lowest BCUT2D eigenvalue weighted by Gasteiger charge is -2.12. The van der Waals surface area contributed by atoms with Crippen molar-refractivity contribution in [1.82, 2.24) is 5.43 Å². The van der Waals surface area contributed by atoms with Crippen molar-refractivity contribution in [3.05, 3.63) is 93.0 Å². The molecule has 3 aromatic carbocycles. The lowest BCUT2D eigenvalue weighted by Crippen LogP contribution is -2.20. The van der Waals surface area contributed by atoms with Crippen LogP contribution in [0.1, 0.15) is 27.0 Å². The van der Waals surface area contributed by atoms with Gasteiger partial charge in [0.25, 0.3) is 11.8 Å². The molecular formula is C24H21Cl2N3O3. The van der Waals surface area contributed by atoms with Crippen LogP contribution >= 0.6 is 23.2 Å². The Balaban J connectivity index is 1.59. The molecule has 0 atom stereocenters. The number of rotatable bonds is 7. The fourth-order valence-corrected chi connectivity index (χ4v) is 3.38. The van der Waals surface area contributed by atoms with Gasteiger partial charge in [0.15, 0.2) is 12.4 Å². The molecule has 0 spiro atoms. The van der Waals surface area contributed by atoms with Crippen LogP contribution in [0.3, 0.4) is 0 Å². The predicted molar refractivity (Wildman–Crippen MR) is 128 cm³/mol. The van der Waals surface area contributed by atoms with Crippen LogP contribution in [0.15, 0.2) is 65.8 Å². The van der Waals surface area contributed by atoms with Gasteiger partial charge in [0.1, 0.15) is 0 Å². The third-order valence-electron chi connectivity index (χ3n) is 4.48. The van der Waals surface area contributed by atoms with Crippen LogP contribution < -0.4 is 15.5 Å². The minimum Gasteiger partial charge on any atom is -0.481 e. The Morgan fingerprint density at radius 1 is 1.00 bits per heavy atom. The minimum atomic E-state index is -0.337. The molecule has 6 nitrogen and oxygen atoms in total. The second-order valence-corrected chi connectivity index (χ2v) is 7.84. The number of hydrazone groups is 1. The summed E-state index contributed by atoms with van der Waals surface area (Å²) >= 11 is 12.5. The van der Waals surface area contributed by atoms with Crippen LogP contribution in [0, 0.1) is 13.8 Å². The van der Waals surface area contributed by atoms with Crippen molar-refractivity contribution >= 4 is 46.9 Å². The Kier molecular flexibility index (Phi) is 7.87. The molecule has 0 heterocycles. The molecule has 0 aliphatic heterocycles. The molecule has 0 unspecified atom stereocenters. The molecular weight excluding hydrogens is 449 g/mol. The average Bonchev–Trinajstić information content (AvgIpc) is 2.75. The van der Waals surface area contributed by atoms with Crippen molar-refractivity contribution in [2.75, 3.05) is 11.9 Å². The zero-order valence-corrected chi connectivity index (χ0v) is 19.0. The van der Waals surface area contributed by atoms with Crippen molar-refractivity contribution in [3.63, 3.8) is 0 Å². The Bertz CT molecular complexity index is 1140. The summed E-state index contributed by atoms with van der Waals surface area (Å²) in [5.74, 6) is -0.483. The second kappa shape index (κ2) is 10.8. The highest BCUT2D eigenvalue weighted by Crippen LogP contribution is 2.33. The number of nitrogens with zero attached hydrogens (tertiary/aromatic N) is 1. The number of benzene rings is 3. The summed E-state index contributed by atoms with van der Waals surface area (Å²) in [6, 6.07) is 17.7. The molecule has 0 bridgehead atoms. The van der Waals surface area contributed by atoms with Gasteiger partial charge in [-0.05, 0) is 55.3 Å². The summed E-state index contributed by atoms with van der Waals surface area (Å²) in [5, 5.41) is 7.14. The smallest absolute Gasteiger partial charge is 0.271 e. The van der Waals surface area contributed by atoms with E-state index in [2.05, 4.69) is 15.8 Å². The first-order chi connectivity index (χ1) is 15.3. The predicted octanol–water partition coefficient (Wildman–Crippen LogP) is 5.39. The van der Waals surface area contributed by atoms with Gasteiger partial charge >= 0.3 is 0 Å². The van der Waals surface area contributed by atoms with E-state index in [1.165, 1.54) is 6.21 Å². The molecule has 3 rings (SSSR count). The number of hydrogen-bond donors (Lipinski definition) is 2. The van der Waals surface area contributed by atoms with Crippen molar-refractivity contribution in [2.24, 2.45) is 5.10 Å². The van der Waals surface area contributed by atoms with Crippen molar-refractivity contribution in [2.45, 2.75) is 13.8 Å². The minimum absolute atomic E-state index is 0.189. The normalized spacial score (nSPS) is 10.8. The molecule has 0 aromatic heterocycles. The third kappa shape index (κ3) is 6.33. The highest BCUT2D eigenvalue weighted by Gasteiger charge is 2.12. The van der Waals surface area contributed by atoms with Gasteiger partial charge in [0.05, 0.1) is 16.3 Å². The summed E-state index contributed by atoms with van der Waals surface area (Å²) in [6.45, 7) is 3.58. The number of halogens is 2. The number of ether oxygens (including phenoxy) is 1. The zero-order valence-electron chi connectivity index (χ0n) is 17.5. The van der Waals surface area contributed by atoms with Crippen LogP contribution in [-0.2, 0) is 4.79 Å². The third-order valence-corrected chi connectivity index (χ3v) is 5.04. The molecule has 0 saturated carbocycles. The molecule has 0 aliphatic carbocycles. The lowest BCUT2D eigenvalue weighted by atomic mass is 10.1. The van der Waals surface area contributed by atoms with Crippen molar-refractivity contribution in [1.29, 1.82) is 0 Å². The molecule has 0 saturated heterocycles. The molecule has 2 amide bonds. The SMILES string of the molecule is Cc1ccc(C(=O)N/N=C/c2cc(Cl)c(OCC(=O)Nc3ccccc3C)c(Cl)c2)cc1. The highest BCUT2D eigenvalue weighted by atomic mass is 35.5. The number of hydrogen-bond acceptors (Lipinski definition) is 4. The molecule has 3 aromatic rings. The Labute approximate surface area is 196 Å². The van der Waals surface area contributed by atoms with Crippen molar-refractivity contribution < 1.29 is 14.3 Å². The van der Waals surface area contributed by atoms with E-state index in [0.717, 1.165) is 11.1 Å². The monoisotopic (exact) mass is 469 g/mol. The first-order valence-electron chi connectivity index (χ1n) is 9.71. The quantitative estimate of drug-likeness (QED) is 0.359. The van der Waals surface area contributed by atoms with E-state index in [1.54, 1.807) is 30.3 Å². The highest BCUT2D eigenvalue weighted by molar-refractivity contribution is 6.37. The van der Waals surface area contributed by atoms with Crippen LogP contribution in [0.5, 0.6) is 5.75 Å². The molecule has 0 radical (unpaired) electrons. The van der Waals surface area contributed by atoms with Gasteiger partial charge in [0.2, 0.25) is 0 Å². The van der Waals surface area contributed by atoms with Gasteiger partial charge in [0, 0.05) is 11.3 Å². The van der Waals surface area contributed by atoms with Crippen LogP contribution in [0.25, 0.3) is 0 Å². The Morgan fingerprint density at radius 2 is 1.66 bits per heavy atom. The maximum absolute atomic E-state index is 12.2. The number of carbonyl (C=O) groups excluding carboxylic acids is 2. The molecule has 0 aliphatic rings. The van der Waals surface area contributed by atoms with Gasteiger partial charge in [-0.1, -0.05) is 59.1 Å². The van der Waals surface area contributed by atoms with Crippen LogP contribution in [0.4, 0.5) is 5.69 Å². The fraction of sp³-hybridized carbons (Fsp3) is 0.125. The largest absolute Gasteiger partial charge is 0.481 e. The van der Waals surface area contributed by atoms with E-state index < -0.39 is 0 Å². The van der Waals surface area contributed by atoms with Gasteiger partial charge < -0.3 is 10.1 Å². The number of aryl methyl sites for hydroxylation is 2. The van der Waals surface area contributed by atoms with Gasteiger partial charge in [-0.15, -0.1) is 0 Å². The number of amides is 2. The average molecular weight is 470 g/mol. The van der Waals surface area contributed by atoms with E-state index in [9.17, 15) is 9.59 Å². The van der Waals surface area contributed by atoms with Gasteiger partial charge in [-0.25, -0.2) is 5.43 Å². The first kappa shape index (κ1) is 23.3. The maximum Gasteiger partial charge on any atom is 0.271 e. The molecule has 2 N–H and O–H groups in total. The number of nitrogens with one attached hydrogen (secondary N) is 2. The Hall–Kier alpha value is -3.35. The Morgan fingerprint density at radius 3 is 2.31 bits per heavy atom. The standard InChI is InChI=1S/C24H21Cl2N3O3/c1-15-7-9-18(10-8-15)24(31)29-27-13-17-11-19(25)23(20(26)12-17)32-14-22(30)28-21-6-4-3-5-16(21)2/h3-13H,14H2,1-2H3,(H,28,30)(H,29,31)/b27-13+.